The van der Waals surface area contributed by atoms with Gasteiger partial charge in [0.25, 0.3) is 0 Å². The van der Waals surface area contributed by atoms with E-state index in [0.717, 1.165) is 35.8 Å². The van der Waals surface area contributed by atoms with Crippen molar-refractivity contribution in [2.24, 2.45) is 5.92 Å². The Bertz CT molecular complexity index is 608. The molecule has 1 aromatic heterocycles. The number of nitrogens with zero attached hydrogens (tertiary/aromatic N) is 1. The zero-order valence-electron chi connectivity index (χ0n) is 14.0. The van der Waals surface area contributed by atoms with E-state index >= 15 is 0 Å². The summed E-state index contributed by atoms with van der Waals surface area (Å²) in [6, 6.07) is 12.4. The molecule has 0 saturated heterocycles. The fraction of sp³-hybridized carbons (Fsp3) is 0.421. The van der Waals surface area contributed by atoms with E-state index in [2.05, 4.69) is 51.2 Å². The number of rotatable bonds is 7. The maximum absolute atomic E-state index is 5.94. The normalized spacial score (nSPS) is 11.0. The lowest BCUT2D eigenvalue weighted by molar-refractivity contribution is 0.272. The monoisotopic (exact) mass is 298 g/mol. The predicted molar refractivity (Wildman–Crippen MR) is 92.1 cm³/mol. The molecule has 0 amide bonds. The van der Waals surface area contributed by atoms with Crippen molar-refractivity contribution < 1.29 is 4.74 Å². The van der Waals surface area contributed by atoms with Crippen molar-refractivity contribution in [1.29, 1.82) is 0 Å². The highest BCUT2D eigenvalue weighted by molar-refractivity contribution is 5.67. The quantitative estimate of drug-likeness (QED) is 0.832. The first-order chi connectivity index (χ1) is 10.6. The second-order valence-electron chi connectivity index (χ2n) is 5.92. The van der Waals surface area contributed by atoms with Gasteiger partial charge in [0.2, 0.25) is 0 Å². The largest absolute Gasteiger partial charge is 0.493 e. The Balaban J connectivity index is 2.26. The number of aryl methyl sites for hydroxylation is 1. The van der Waals surface area contributed by atoms with Gasteiger partial charge in [0.15, 0.2) is 0 Å². The van der Waals surface area contributed by atoms with Crippen molar-refractivity contribution in [3.63, 3.8) is 0 Å². The zero-order chi connectivity index (χ0) is 15.9. The Morgan fingerprint density at radius 3 is 2.59 bits per heavy atom. The Morgan fingerprint density at radius 2 is 1.91 bits per heavy atom. The van der Waals surface area contributed by atoms with Crippen LogP contribution in [0.25, 0.3) is 11.3 Å². The number of hydrogen-bond acceptors (Lipinski definition) is 3. The summed E-state index contributed by atoms with van der Waals surface area (Å²) in [7, 11) is 0. The van der Waals surface area contributed by atoms with Crippen LogP contribution in [0.2, 0.25) is 0 Å². The summed E-state index contributed by atoms with van der Waals surface area (Å²) in [6.45, 7) is 11.0. The molecule has 0 aliphatic rings. The topological polar surface area (TPSA) is 34.1 Å². The van der Waals surface area contributed by atoms with Gasteiger partial charge in [-0.2, -0.15) is 0 Å². The minimum absolute atomic E-state index is 0.505. The fourth-order valence-corrected chi connectivity index (χ4v) is 2.25. The number of pyridine rings is 1. The van der Waals surface area contributed by atoms with Crippen molar-refractivity contribution in [1.82, 2.24) is 10.3 Å². The second kappa shape index (κ2) is 7.95. The first kappa shape index (κ1) is 16.5. The average molecular weight is 298 g/mol. The van der Waals surface area contributed by atoms with Gasteiger partial charge in [-0.1, -0.05) is 39.0 Å². The minimum Gasteiger partial charge on any atom is -0.493 e. The van der Waals surface area contributed by atoms with Gasteiger partial charge in [0.05, 0.1) is 12.3 Å². The fourth-order valence-electron chi connectivity index (χ4n) is 2.25. The van der Waals surface area contributed by atoms with Crippen molar-refractivity contribution in [2.75, 3.05) is 13.2 Å². The minimum atomic E-state index is 0.505. The van der Waals surface area contributed by atoms with Crippen molar-refractivity contribution in [2.45, 2.75) is 34.2 Å². The van der Waals surface area contributed by atoms with Crippen LogP contribution in [0.5, 0.6) is 5.75 Å². The van der Waals surface area contributed by atoms with Crippen LogP contribution in [-0.2, 0) is 6.54 Å². The van der Waals surface area contributed by atoms with E-state index in [9.17, 15) is 0 Å². The Morgan fingerprint density at radius 1 is 1.14 bits per heavy atom. The molecule has 1 heterocycles. The first-order valence-electron chi connectivity index (χ1n) is 8.01. The molecular weight excluding hydrogens is 272 g/mol. The SMILES string of the molecule is CCNCc1ccc(-c2ccccc2OCC(C)C)nc1C. The van der Waals surface area contributed by atoms with Gasteiger partial charge < -0.3 is 10.1 Å². The van der Waals surface area contributed by atoms with Crippen LogP contribution in [0, 0.1) is 12.8 Å². The molecule has 0 aliphatic heterocycles. The summed E-state index contributed by atoms with van der Waals surface area (Å²) in [5.74, 6) is 1.41. The zero-order valence-corrected chi connectivity index (χ0v) is 14.0. The third kappa shape index (κ3) is 4.31. The molecule has 1 N–H and O–H groups in total. The summed E-state index contributed by atoms with van der Waals surface area (Å²) in [5.41, 5.74) is 4.33. The van der Waals surface area contributed by atoms with Gasteiger partial charge in [0, 0.05) is 17.8 Å². The number of ether oxygens (including phenoxy) is 1. The number of benzene rings is 1. The van der Waals surface area contributed by atoms with E-state index in [1.165, 1.54) is 5.56 Å². The standard InChI is InChI=1S/C19H26N2O/c1-5-20-12-16-10-11-18(21-15(16)4)17-8-6-7-9-19(17)22-13-14(2)3/h6-11,14,20H,5,12-13H2,1-4H3. The summed E-state index contributed by atoms with van der Waals surface area (Å²) in [4.78, 5) is 4.76. The molecule has 0 unspecified atom stereocenters. The van der Waals surface area contributed by atoms with E-state index in [1.807, 2.05) is 18.2 Å². The van der Waals surface area contributed by atoms with E-state index in [-0.39, 0.29) is 0 Å². The molecule has 3 nitrogen and oxygen atoms in total. The number of nitrogens with one attached hydrogen (secondary N) is 1. The van der Waals surface area contributed by atoms with Crippen LogP contribution in [0.1, 0.15) is 32.0 Å². The van der Waals surface area contributed by atoms with Crippen molar-refractivity contribution in [3.05, 3.63) is 47.7 Å². The highest BCUT2D eigenvalue weighted by Gasteiger charge is 2.09. The van der Waals surface area contributed by atoms with Crippen molar-refractivity contribution >= 4 is 0 Å². The molecule has 2 aromatic rings. The van der Waals surface area contributed by atoms with Gasteiger partial charge in [-0.3, -0.25) is 4.98 Å². The van der Waals surface area contributed by atoms with Gasteiger partial charge in [-0.15, -0.1) is 0 Å². The predicted octanol–water partition coefficient (Wildman–Crippen LogP) is 4.20. The molecule has 0 atom stereocenters. The number of aromatic nitrogens is 1. The van der Waals surface area contributed by atoms with Crippen LogP contribution in [0.3, 0.4) is 0 Å². The van der Waals surface area contributed by atoms with Crippen LogP contribution in [-0.4, -0.2) is 18.1 Å². The van der Waals surface area contributed by atoms with E-state index in [0.29, 0.717) is 12.5 Å². The highest BCUT2D eigenvalue weighted by Crippen LogP contribution is 2.29. The first-order valence-corrected chi connectivity index (χ1v) is 8.01. The lowest BCUT2D eigenvalue weighted by atomic mass is 10.1. The maximum atomic E-state index is 5.94. The van der Waals surface area contributed by atoms with E-state index in [1.54, 1.807) is 0 Å². The van der Waals surface area contributed by atoms with Gasteiger partial charge in [0.1, 0.15) is 5.75 Å². The maximum Gasteiger partial charge on any atom is 0.128 e. The van der Waals surface area contributed by atoms with Crippen LogP contribution in [0.15, 0.2) is 36.4 Å². The Hall–Kier alpha value is -1.87. The number of hydrogen-bond donors (Lipinski definition) is 1. The molecular formula is C19H26N2O. The lowest BCUT2D eigenvalue weighted by Gasteiger charge is -2.14. The average Bonchev–Trinajstić information content (AvgIpc) is 2.52. The Labute approximate surface area is 133 Å². The molecule has 3 heteroatoms. The third-order valence-electron chi connectivity index (χ3n) is 3.50. The van der Waals surface area contributed by atoms with E-state index in [4.69, 9.17) is 9.72 Å². The molecule has 0 radical (unpaired) electrons. The van der Waals surface area contributed by atoms with Crippen molar-refractivity contribution in [3.8, 4) is 17.0 Å². The number of para-hydroxylation sites is 1. The lowest BCUT2D eigenvalue weighted by Crippen LogP contribution is -2.13. The van der Waals surface area contributed by atoms with Gasteiger partial charge >= 0.3 is 0 Å². The molecule has 0 bridgehead atoms. The molecule has 0 aliphatic carbocycles. The summed E-state index contributed by atoms with van der Waals surface area (Å²) < 4.78 is 5.94. The molecule has 0 spiro atoms. The molecule has 22 heavy (non-hydrogen) atoms. The molecule has 2 rings (SSSR count). The summed E-state index contributed by atoms with van der Waals surface area (Å²) in [5, 5.41) is 3.34. The summed E-state index contributed by atoms with van der Waals surface area (Å²) in [6.07, 6.45) is 0. The smallest absolute Gasteiger partial charge is 0.128 e. The van der Waals surface area contributed by atoms with Crippen LogP contribution < -0.4 is 10.1 Å². The third-order valence-corrected chi connectivity index (χ3v) is 3.50. The second-order valence-corrected chi connectivity index (χ2v) is 5.92. The van der Waals surface area contributed by atoms with Crippen LogP contribution >= 0.6 is 0 Å². The van der Waals surface area contributed by atoms with Gasteiger partial charge in [-0.25, -0.2) is 0 Å². The van der Waals surface area contributed by atoms with Gasteiger partial charge in [-0.05, 0) is 43.1 Å². The molecule has 118 valence electrons. The molecule has 1 aromatic carbocycles. The Kier molecular flexibility index (Phi) is 5.96. The molecule has 0 fully saturated rings. The highest BCUT2D eigenvalue weighted by atomic mass is 16.5. The molecule has 0 saturated carbocycles. The van der Waals surface area contributed by atoms with Crippen LogP contribution in [0.4, 0.5) is 0 Å². The van der Waals surface area contributed by atoms with E-state index < -0.39 is 0 Å². The summed E-state index contributed by atoms with van der Waals surface area (Å²) >= 11 is 0.